The summed E-state index contributed by atoms with van der Waals surface area (Å²) in [7, 11) is 0. The molecule has 0 heterocycles. The summed E-state index contributed by atoms with van der Waals surface area (Å²) in [5.41, 5.74) is 5.08. The fourth-order valence-electron chi connectivity index (χ4n) is 0.254. The van der Waals surface area contributed by atoms with Crippen LogP contribution in [0, 0.1) is 10.1 Å². The third kappa shape index (κ3) is 5.10. The van der Waals surface area contributed by atoms with Crippen molar-refractivity contribution < 1.29 is 5.03 Å². The molecular weight excluding hydrogens is 154 g/mol. The van der Waals surface area contributed by atoms with Crippen LogP contribution in [0.5, 0.6) is 0 Å². The number of nitrogens with two attached hydrogens (primary N) is 1. The van der Waals surface area contributed by atoms with Crippen molar-refractivity contribution >= 4 is 16.9 Å². The van der Waals surface area contributed by atoms with Gasteiger partial charge in [-0.25, -0.2) is 10.1 Å². The molecule has 0 spiro atoms. The Morgan fingerprint density at radius 1 is 2.00 bits per heavy atom. The van der Waals surface area contributed by atoms with Gasteiger partial charge in [0.15, 0.2) is 5.03 Å². The highest BCUT2D eigenvalue weighted by Crippen LogP contribution is 1.98. The van der Waals surface area contributed by atoms with E-state index in [1.54, 1.807) is 6.08 Å². The molecule has 56 valence electrons. The van der Waals surface area contributed by atoms with Gasteiger partial charge in [-0.1, -0.05) is 17.8 Å². The number of hydrazone groups is 1. The number of amidine groups is 1. The lowest BCUT2D eigenvalue weighted by molar-refractivity contribution is -0.484. The van der Waals surface area contributed by atoms with Gasteiger partial charge in [0.2, 0.25) is 5.17 Å². The lowest BCUT2D eigenvalue weighted by Crippen LogP contribution is -2.09. The molecule has 0 saturated heterocycles. The van der Waals surface area contributed by atoms with E-state index >= 15 is 0 Å². The van der Waals surface area contributed by atoms with E-state index < -0.39 is 5.03 Å². The average Bonchev–Trinajstić information content (AvgIpc) is 1.82. The molecule has 0 unspecified atom stereocenters. The maximum absolute atomic E-state index is 9.67. The molecule has 0 amide bonds. The molecule has 2 N–H and O–H groups in total. The van der Waals surface area contributed by atoms with Crippen LogP contribution in [-0.4, -0.2) is 16.0 Å². The van der Waals surface area contributed by atoms with Crippen LogP contribution in [0.3, 0.4) is 0 Å². The summed E-state index contributed by atoms with van der Waals surface area (Å²) in [6.07, 6.45) is 1.59. The molecule has 0 aliphatic carbocycles. The molecule has 0 aliphatic heterocycles. The summed E-state index contributed by atoms with van der Waals surface area (Å²) in [5, 5.41) is 11.6. The van der Waals surface area contributed by atoms with Gasteiger partial charge in [-0.05, 0) is 0 Å². The van der Waals surface area contributed by atoms with E-state index in [0.29, 0.717) is 5.75 Å². The van der Waals surface area contributed by atoms with Crippen LogP contribution in [0.1, 0.15) is 0 Å². The fourth-order valence-corrected chi connectivity index (χ4v) is 0.667. The maximum Gasteiger partial charge on any atom is 0.232 e. The molecular formula is C4H7N3O2S. The molecule has 0 atom stereocenters. The van der Waals surface area contributed by atoms with Crippen molar-refractivity contribution in [3.05, 3.63) is 22.8 Å². The molecule has 0 radical (unpaired) electrons. The predicted octanol–water partition coefficient (Wildman–Crippen LogP) is 0.412. The Morgan fingerprint density at radius 2 is 2.60 bits per heavy atom. The number of thioether (sulfide) groups is 1. The first-order valence-electron chi connectivity index (χ1n) is 2.39. The van der Waals surface area contributed by atoms with Gasteiger partial charge in [-0.3, -0.25) is 0 Å². The first-order chi connectivity index (χ1) is 4.66. The maximum atomic E-state index is 9.67. The van der Waals surface area contributed by atoms with Crippen LogP contribution in [0.2, 0.25) is 0 Å². The largest absolute Gasteiger partial charge is 0.373 e. The summed E-state index contributed by atoms with van der Waals surface area (Å²) < 4.78 is 0. The third-order valence-corrected chi connectivity index (χ3v) is 1.31. The second kappa shape index (κ2) is 4.80. The van der Waals surface area contributed by atoms with Gasteiger partial charge in [0.05, 0.1) is 5.10 Å². The van der Waals surface area contributed by atoms with Crippen molar-refractivity contribution in [1.82, 2.24) is 0 Å². The van der Waals surface area contributed by atoms with Gasteiger partial charge < -0.3 is 5.73 Å². The molecule has 0 aromatic carbocycles. The molecule has 0 aromatic heterocycles. The summed E-state index contributed by atoms with van der Waals surface area (Å²) >= 11 is 1.07. The minimum Gasteiger partial charge on any atom is -0.373 e. The average molecular weight is 161 g/mol. The Hall–Kier alpha value is -1.04. The Bertz CT molecular complexity index is 168. The summed E-state index contributed by atoms with van der Waals surface area (Å²) in [6.45, 7) is 3.41. The highest BCUT2D eigenvalue weighted by Gasteiger charge is 1.96. The van der Waals surface area contributed by atoms with Crippen molar-refractivity contribution in [1.29, 1.82) is 0 Å². The standard InChI is InChI=1S/C4H7N3O2S/c1-2-3-10-4(5)6-7(8)9/h2H,1,3H2,(H2,5,6). The summed E-state index contributed by atoms with van der Waals surface area (Å²) in [4.78, 5) is 9.67. The molecule has 10 heavy (non-hydrogen) atoms. The lowest BCUT2D eigenvalue weighted by Gasteiger charge is -1.88. The van der Waals surface area contributed by atoms with Crippen LogP contribution in [0.4, 0.5) is 0 Å². The molecule has 0 aliphatic rings. The number of hydrogen-bond acceptors (Lipinski definition) is 3. The number of rotatable bonds is 3. The van der Waals surface area contributed by atoms with E-state index in [9.17, 15) is 10.1 Å². The molecule has 0 saturated carbocycles. The molecule has 0 fully saturated rings. The van der Waals surface area contributed by atoms with Gasteiger partial charge in [0.25, 0.3) is 0 Å². The van der Waals surface area contributed by atoms with E-state index in [4.69, 9.17) is 5.73 Å². The minimum absolute atomic E-state index is 0.0510. The Balaban J connectivity index is 3.70. The fraction of sp³-hybridized carbons (Fsp3) is 0.250. The van der Waals surface area contributed by atoms with Gasteiger partial charge in [0.1, 0.15) is 0 Å². The van der Waals surface area contributed by atoms with Crippen molar-refractivity contribution in [3.8, 4) is 0 Å². The van der Waals surface area contributed by atoms with E-state index in [1.807, 2.05) is 0 Å². The van der Waals surface area contributed by atoms with Gasteiger partial charge >= 0.3 is 0 Å². The first kappa shape index (κ1) is 8.96. The van der Waals surface area contributed by atoms with Gasteiger partial charge in [-0.15, -0.1) is 6.58 Å². The van der Waals surface area contributed by atoms with Crippen LogP contribution in [-0.2, 0) is 0 Å². The summed E-state index contributed by atoms with van der Waals surface area (Å²) in [6, 6.07) is 0. The minimum atomic E-state index is -0.828. The molecule has 6 heteroatoms. The van der Waals surface area contributed by atoms with Gasteiger partial charge in [-0.2, -0.15) is 0 Å². The second-order valence-electron chi connectivity index (χ2n) is 1.28. The van der Waals surface area contributed by atoms with E-state index in [0.717, 1.165) is 11.8 Å². The lowest BCUT2D eigenvalue weighted by atomic mass is 10.8. The zero-order valence-electron chi connectivity index (χ0n) is 5.19. The van der Waals surface area contributed by atoms with Crippen LogP contribution < -0.4 is 5.73 Å². The Morgan fingerprint density at radius 3 is 3.00 bits per heavy atom. The zero-order valence-corrected chi connectivity index (χ0v) is 6.00. The van der Waals surface area contributed by atoms with Crippen molar-refractivity contribution in [2.75, 3.05) is 5.75 Å². The zero-order chi connectivity index (χ0) is 7.98. The third-order valence-electron chi connectivity index (χ3n) is 0.529. The monoisotopic (exact) mass is 161 g/mol. The topological polar surface area (TPSA) is 81.5 Å². The van der Waals surface area contributed by atoms with Crippen molar-refractivity contribution in [3.63, 3.8) is 0 Å². The first-order valence-corrected chi connectivity index (χ1v) is 3.37. The predicted molar refractivity (Wildman–Crippen MR) is 41.3 cm³/mol. The number of nitro groups is 1. The van der Waals surface area contributed by atoms with Gasteiger partial charge in [0, 0.05) is 5.75 Å². The smallest absolute Gasteiger partial charge is 0.232 e. The number of nitrogens with zero attached hydrogens (tertiary/aromatic N) is 2. The van der Waals surface area contributed by atoms with E-state index in [1.165, 1.54) is 0 Å². The molecule has 0 bridgehead atoms. The van der Waals surface area contributed by atoms with E-state index in [2.05, 4.69) is 11.7 Å². The highest BCUT2D eigenvalue weighted by molar-refractivity contribution is 8.13. The van der Waals surface area contributed by atoms with Crippen molar-refractivity contribution in [2.45, 2.75) is 0 Å². The SMILES string of the molecule is C=CCS/C(N)=N/[N+](=O)[O-]. The number of hydrogen-bond donors (Lipinski definition) is 1. The van der Waals surface area contributed by atoms with Crippen LogP contribution in [0.25, 0.3) is 0 Å². The summed E-state index contributed by atoms with van der Waals surface area (Å²) in [5.74, 6) is 0.531. The quantitative estimate of drug-likeness (QED) is 0.214. The van der Waals surface area contributed by atoms with E-state index in [-0.39, 0.29) is 5.17 Å². The van der Waals surface area contributed by atoms with Crippen molar-refractivity contribution in [2.24, 2.45) is 10.8 Å². The molecule has 5 nitrogen and oxygen atoms in total. The molecule has 0 aromatic rings. The highest BCUT2D eigenvalue weighted by atomic mass is 32.2. The Kier molecular flexibility index (Phi) is 4.30. The molecule has 0 rings (SSSR count). The second-order valence-corrected chi connectivity index (χ2v) is 2.32. The normalized spacial score (nSPS) is 11.0. The Labute approximate surface area is 62.1 Å². The van der Waals surface area contributed by atoms with Crippen LogP contribution >= 0.6 is 11.8 Å². The van der Waals surface area contributed by atoms with Crippen LogP contribution in [0.15, 0.2) is 17.8 Å².